The van der Waals surface area contributed by atoms with Gasteiger partial charge in [-0.05, 0) is 61.5 Å². The molecule has 0 aliphatic heterocycles. The van der Waals surface area contributed by atoms with Crippen LogP contribution in [0.3, 0.4) is 0 Å². The van der Waals surface area contributed by atoms with Crippen LogP contribution >= 0.6 is 0 Å². The first-order chi connectivity index (χ1) is 14.4. The largest absolute Gasteiger partial charge is 0.496 e. The van der Waals surface area contributed by atoms with Crippen molar-refractivity contribution in [3.8, 4) is 17.2 Å². The molecule has 3 rings (SSSR count). The fourth-order valence-electron chi connectivity index (χ4n) is 2.72. The van der Waals surface area contributed by atoms with E-state index in [0.717, 1.165) is 0 Å². The van der Waals surface area contributed by atoms with E-state index in [9.17, 15) is 13.2 Å². The predicted octanol–water partition coefficient (Wildman–Crippen LogP) is 4.04. The van der Waals surface area contributed by atoms with Gasteiger partial charge in [0.15, 0.2) is 0 Å². The summed E-state index contributed by atoms with van der Waals surface area (Å²) in [5.41, 5.74) is 0.514. The molecule has 8 heteroatoms. The van der Waals surface area contributed by atoms with E-state index in [4.69, 9.17) is 9.47 Å². The Morgan fingerprint density at radius 3 is 2.23 bits per heavy atom. The third kappa shape index (κ3) is 5.09. The van der Waals surface area contributed by atoms with Crippen molar-refractivity contribution in [2.24, 2.45) is 0 Å². The second-order valence-corrected chi connectivity index (χ2v) is 7.95. The summed E-state index contributed by atoms with van der Waals surface area (Å²) in [4.78, 5) is 12.2. The molecular weight excluding hydrogens is 404 g/mol. The Labute approximate surface area is 175 Å². The van der Waals surface area contributed by atoms with Crippen LogP contribution < -0.4 is 19.5 Å². The summed E-state index contributed by atoms with van der Waals surface area (Å²) < 4.78 is 39.0. The van der Waals surface area contributed by atoms with Crippen LogP contribution in [0.15, 0.2) is 77.7 Å². The predicted molar refractivity (Wildman–Crippen MR) is 115 cm³/mol. The van der Waals surface area contributed by atoms with Gasteiger partial charge in [0.05, 0.1) is 17.6 Å². The van der Waals surface area contributed by atoms with Crippen molar-refractivity contribution >= 4 is 21.6 Å². The Balaban J connectivity index is 1.79. The fraction of sp³-hybridized carbons (Fsp3) is 0.136. The van der Waals surface area contributed by atoms with E-state index in [1.807, 2.05) is 30.3 Å². The van der Waals surface area contributed by atoms with Crippen LogP contribution in [-0.4, -0.2) is 28.0 Å². The number of benzene rings is 3. The molecule has 2 N–H and O–H groups in total. The molecule has 0 radical (unpaired) electrons. The molecule has 0 saturated heterocycles. The number of carbonyl (C=O) groups is 1. The second-order valence-electron chi connectivity index (χ2n) is 6.27. The van der Waals surface area contributed by atoms with Crippen molar-refractivity contribution in [2.45, 2.75) is 11.8 Å². The summed E-state index contributed by atoms with van der Waals surface area (Å²) in [6, 6.07) is 19.9. The third-order valence-electron chi connectivity index (χ3n) is 4.15. The van der Waals surface area contributed by atoms with Crippen molar-refractivity contribution in [3.05, 3.63) is 78.4 Å². The lowest BCUT2D eigenvalue weighted by molar-refractivity contribution is 0.0952. The van der Waals surface area contributed by atoms with Gasteiger partial charge in [0, 0.05) is 12.2 Å². The van der Waals surface area contributed by atoms with E-state index >= 15 is 0 Å². The zero-order chi connectivity index (χ0) is 21.6. The number of nitrogens with one attached hydrogen (secondary N) is 2. The molecule has 0 aliphatic carbocycles. The van der Waals surface area contributed by atoms with Crippen molar-refractivity contribution in [2.75, 3.05) is 18.4 Å². The van der Waals surface area contributed by atoms with Gasteiger partial charge in [-0.3, -0.25) is 9.52 Å². The summed E-state index contributed by atoms with van der Waals surface area (Å²) in [7, 11) is -2.49. The molecule has 7 nitrogen and oxygen atoms in total. The first kappa shape index (κ1) is 21.2. The highest BCUT2D eigenvalue weighted by atomic mass is 32.2. The number of para-hydroxylation sites is 1. The van der Waals surface area contributed by atoms with Gasteiger partial charge in [0.1, 0.15) is 17.2 Å². The fourth-order valence-corrected chi connectivity index (χ4v) is 3.80. The van der Waals surface area contributed by atoms with E-state index < -0.39 is 15.9 Å². The Kier molecular flexibility index (Phi) is 6.58. The minimum atomic E-state index is -3.91. The second kappa shape index (κ2) is 9.32. The molecule has 156 valence electrons. The summed E-state index contributed by atoms with van der Waals surface area (Å²) in [5, 5.41) is 2.64. The molecule has 3 aromatic carbocycles. The molecule has 30 heavy (non-hydrogen) atoms. The number of sulfonamides is 1. The van der Waals surface area contributed by atoms with Gasteiger partial charge >= 0.3 is 0 Å². The molecule has 0 fully saturated rings. The van der Waals surface area contributed by atoms with Crippen LogP contribution in [0.25, 0.3) is 0 Å². The van der Waals surface area contributed by atoms with Gasteiger partial charge in [-0.15, -0.1) is 0 Å². The number of methoxy groups -OCH3 is 1. The van der Waals surface area contributed by atoms with E-state index in [-0.39, 0.29) is 10.5 Å². The molecule has 0 spiro atoms. The molecule has 0 aliphatic rings. The van der Waals surface area contributed by atoms with E-state index in [1.54, 1.807) is 31.2 Å². The highest BCUT2D eigenvalue weighted by Crippen LogP contribution is 2.26. The molecule has 0 bridgehead atoms. The van der Waals surface area contributed by atoms with E-state index in [2.05, 4.69) is 10.0 Å². The normalized spacial score (nSPS) is 10.9. The van der Waals surface area contributed by atoms with Gasteiger partial charge in [-0.1, -0.05) is 18.2 Å². The highest BCUT2D eigenvalue weighted by molar-refractivity contribution is 7.92. The van der Waals surface area contributed by atoms with Crippen LogP contribution in [-0.2, 0) is 10.0 Å². The SMILES string of the molecule is CCNC(=O)c1cc(S(=O)(=O)Nc2ccc(Oc3ccccc3)cc2)ccc1OC. The smallest absolute Gasteiger partial charge is 0.261 e. The number of amides is 1. The molecule has 0 atom stereocenters. The quantitative estimate of drug-likeness (QED) is 0.567. The van der Waals surface area contributed by atoms with Gasteiger partial charge < -0.3 is 14.8 Å². The number of rotatable bonds is 8. The first-order valence-electron chi connectivity index (χ1n) is 9.25. The maximum atomic E-state index is 12.8. The minimum absolute atomic E-state index is 0.0471. The average molecular weight is 426 g/mol. The van der Waals surface area contributed by atoms with Crippen molar-refractivity contribution in [1.82, 2.24) is 5.32 Å². The maximum Gasteiger partial charge on any atom is 0.261 e. The topological polar surface area (TPSA) is 93.7 Å². The summed E-state index contributed by atoms with van der Waals surface area (Å²) >= 11 is 0. The molecule has 0 unspecified atom stereocenters. The van der Waals surface area contributed by atoms with Crippen molar-refractivity contribution in [3.63, 3.8) is 0 Å². The summed E-state index contributed by atoms with van der Waals surface area (Å²) in [6.07, 6.45) is 0. The monoisotopic (exact) mass is 426 g/mol. The minimum Gasteiger partial charge on any atom is -0.496 e. The molecule has 0 saturated carbocycles. The third-order valence-corrected chi connectivity index (χ3v) is 5.53. The van der Waals surface area contributed by atoms with Crippen LogP contribution in [0.5, 0.6) is 17.2 Å². The van der Waals surface area contributed by atoms with Gasteiger partial charge in [-0.25, -0.2) is 8.42 Å². The molecule has 0 aromatic heterocycles. The van der Waals surface area contributed by atoms with Gasteiger partial charge in [0.25, 0.3) is 15.9 Å². The average Bonchev–Trinajstić information content (AvgIpc) is 2.75. The van der Waals surface area contributed by atoms with E-state index in [0.29, 0.717) is 29.5 Å². The summed E-state index contributed by atoms with van der Waals surface area (Å²) in [6.45, 7) is 2.19. The molecule has 1 amide bonds. The van der Waals surface area contributed by atoms with Crippen molar-refractivity contribution in [1.29, 1.82) is 0 Å². The lowest BCUT2D eigenvalue weighted by atomic mass is 10.2. The van der Waals surface area contributed by atoms with Gasteiger partial charge in [0.2, 0.25) is 0 Å². The van der Waals surface area contributed by atoms with Crippen LogP contribution in [0.4, 0.5) is 5.69 Å². The zero-order valence-electron chi connectivity index (χ0n) is 16.6. The van der Waals surface area contributed by atoms with E-state index in [1.165, 1.54) is 25.3 Å². The van der Waals surface area contributed by atoms with Crippen LogP contribution in [0.2, 0.25) is 0 Å². The van der Waals surface area contributed by atoms with Crippen LogP contribution in [0.1, 0.15) is 17.3 Å². The lowest BCUT2D eigenvalue weighted by Gasteiger charge is -2.13. The number of carbonyl (C=O) groups excluding carboxylic acids is 1. The maximum absolute atomic E-state index is 12.8. The Hall–Kier alpha value is -3.52. The Bertz CT molecular complexity index is 1110. The Morgan fingerprint density at radius 1 is 0.933 bits per heavy atom. The number of hydrogen-bond acceptors (Lipinski definition) is 5. The zero-order valence-corrected chi connectivity index (χ0v) is 17.4. The van der Waals surface area contributed by atoms with Crippen LogP contribution in [0, 0.1) is 0 Å². The number of anilines is 1. The molecule has 0 heterocycles. The highest BCUT2D eigenvalue weighted by Gasteiger charge is 2.20. The number of ether oxygens (including phenoxy) is 2. The standard InChI is InChI=1S/C22H22N2O5S/c1-3-23-22(25)20-15-19(13-14-21(20)28-2)30(26,27)24-16-9-11-18(12-10-16)29-17-7-5-4-6-8-17/h4-15,24H,3H2,1-2H3,(H,23,25). The number of hydrogen-bond donors (Lipinski definition) is 2. The van der Waals surface area contributed by atoms with Crippen molar-refractivity contribution < 1.29 is 22.7 Å². The first-order valence-corrected chi connectivity index (χ1v) is 10.7. The van der Waals surface area contributed by atoms with Gasteiger partial charge in [-0.2, -0.15) is 0 Å². The summed E-state index contributed by atoms with van der Waals surface area (Å²) in [5.74, 6) is 1.14. The molecular formula is C22H22N2O5S. The lowest BCUT2D eigenvalue weighted by Crippen LogP contribution is -2.24. The molecule has 3 aromatic rings. The Morgan fingerprint density at radius 2 is 1.60 bits per heavy atom.